The van der Waals surface area contributed by atoms with E-state index in [1.165, 1.54) is 12.7 Å². The number of rotatable bonds is 3. The van der Waals surface area contributed by atoms with Crippen LogP contribution in [0, 0.1) is 0 Å². The van der Waals surface area contributed by atoms with Gasteiger partial charge in [0.1, 0.15) is 18.1 Å². The van der Waals surface area contributed by atoms with Crippen molar-refractivity contribution in [2.75, 3.05) is 5.32 Å². The highest BCUT2D eigenvalue weighted by Gasteiger charge is 2.07. The molecule has 6 nitrogen and oxygen atoms in total. The molecule has 6 heteroatoms. The van der Waals surface area contributed by atoms with E-state index in [1.54, 1.807) is 12.2 Å². The fraction of sp³-hybridized carbons (Fsp3) is 0.222. The molecule has 0 fully saturated rings. The lowest BCUT2D eigenvalue weighted by Gasteiger charge is -2.08. The summed E-state index contributed by atoms with van der Waals surface area (Å²) in [4.78, 5) is 14.9. The van der Waals surface area contributed by atoms with E-state index >= 15 is 0 Å². The van der Waals surface area contributed by atoms with Gasteiger partial charge >= 0.3 is 0 Å². The summed E-state index contributed by atoms with van der Waals surface area (Å²) < 4.78 is 0. The van der Waals surface area contributed by atoms with E-state index in [0.717, 1.165) is 0 Å². The SMILES string of the molecule is CC=CC(O)Nc1ncnc2nc[nH]c12. The Morgan fingerprint density at radius 3 is 3.13 bits per heavy atom. The molecule has 0 aromatic carbocycles. The van der Waals surface area contributed by atoms with E-state index in [9.17, 15) is 5.11 Å². The first kappa shape index (κ1) is 9.60. The molecule has 0 radical (unpaired) electrons. The Bertz CT molecular complexity index is 478. The predicted octanol–water partition coefficient (Wildman–Crippen LogP) is 0.659. The van der Waals surface area contributed by atoms with Gasteiger partial charge in [-0.2, -0.15) is 0 Å². The van der Waals surface area contributed by atoms with Crippen LogP contribution >= 0.6 is 0 Å². The zero-order chi connectivity index (χ0) is 10.7. The van der Waals surface area contributed by atoms with E-state index in [2.05, 4.69) is 25.3 Å². The van der Waals surface area contributed by atoms with Crippen LogP contribution < -0.4 is 5.32 Å². The van der Waals surface area contributed by atoms with Gasteiger partial charge in [0.05, 0.1) is 6.33 Å². The van der Waals surface area contributed by atoms with Crippen molar-refractivity contribution in [1.29, 1.82) is 0 Å². The molecule has 3 N–H and O–H groups in total. The fourth-order valence-electron chi connectivity index (χ4n) is 1.24. The van der Waals surface area contributed by atoms with Crippen molar-refractivity contribution in [3.63, 3.8) is 0 Å². The van der Waals surface area contributed by atoms with Crippen molar-refractivity contribution in [2.24, 2.45) is 0 Å². The molecule has 0 aliphatic heterocycles. The Kier molecular flexibility index (Phi) is 2.59. The quantitative estimate of drug-likeness (QED) is 0.506. The van der Waals surface area contributed by atoms with Crippen LogP contribution in [-0.2, 0) is 0 Å². The Hall–Kier alpha value is -1.95. The van der Waals surface area contributed by atoms with Gasteiger partial charge in [0.25, 0.3) is 0 Å². The minimum atomic E-state index is -0.767. The largest absolute Gasteiger partial charge is 0.370 e. The number of H-pyrrole nitrogens is 1. The van der Waals surface area contributed by atoms with Crippen molar-refractivity contribution in [1.82, 2.24) is 19.9 Å². The summed E-state index contributed by atoms with van der Waals surface area (Å²) in [6.07, 6.45) is 5.53. The van der Waals surface area contributed by atoms with E-state index in [-0.39, 0.29) is 0 Å². The number of aromatic amines is 1. The predicted molar refractivity (Wildman–Crippen MR) is 56.1 cm³/mol. The van der Waals surface area contributed by atoms with Gasteiger partial charge in [-0.1, -0.05) is 6.08 Å². The summed E-state index contributed by atoms with van der Waals surface area (Å²) in [5.41, 5.74) is 1.25. The second kappa shape index (κ2) is 4.05. The van der Waals surface area contributed by atoms with Crippen molar-refractivity contribution in [2.45, 2.75) is 13.2 Å². The summed E-state index contributed by atoms with van der Waals surface area (Å²) >= 11 is 0. The van der Waals surface area contributed by atoms with Gasteiger partial charge in [-0.05, 0) is 13.0 Å². The van der Waals surface area contributed by atoms with Crippen LogP contribution in [0.25, 0.3) is 11.2 Å². The van der Waals surface area contributed by atoms with Crippen molar-refractivity contribution in [3.05, 3.63) is 24.8 Å². The third-order valence-electron chi connectivity index (χ3n) is 1.88. The summed E-state index contributed by atoms with van der Waals surface area (Å²) in [7, 11) is 0. The van der Waals surface area contributed by atoms with Gasteiger partial charge in [-0.3, -0.25) is 0 Å². The molecule has 0 spiro atoms. The molecular formula is C9H11N5O. The van der Waals surface area contributed by atoms with Crippen LogP contribution in [-0.4, -0.2) is 31.3 Å². The molecule has 2 heterocycles. The lowest BCUT2D eigenvalue weighted by atomic mass is 10.4. The molecule has 78 valence electrons. The number of fused-ring (bicyclic) bond motifs is 1. The first-order valence-corrected chi connectivity index (χ1v) is 4.52. The first-order chi connectivity index (χ1) is 7.31. The van der Waals surface area contributed by atoms with Crippen LogP contribution in [0.2, 0.25) is 0 Å². The molecule has 0 saturated heterocycles. The lowest BCUT2D eigenvalue weighted by molar-refractivity contribution is 0.252. The number of imidazole rings is 1. The molecule has 2 aromatic rings. The molecule has 2 rings (SSSR count). The molecule has 1 atom stereocenters. The number of nitrogens with one attached hydrogen (secondary N) is 2. The van der Waals surface area contributed by atoms with Gasteiger partial charge in [0.15, 0.2) is 11.5 Å². The van der Waals surface area contributed by atoms with Crippen molar-refractivity contribution in [3.8, 4) is 0 Å². The number of hydrogen-bond acceptors (Lipinski definition) is 5. The molecule has 1 unspecified atom stereocenters. The van der Waals surface area contributed by atoms with E-state index < -0.39 is 6.23 Å². The third kappa shape index (κ3) is 1.94. The standard InChI is InChI=1S/C9H11N5O/c1-2-3-6(15)14-9-7-8(11-4-10-7)12-5-13-9/h2-6,15H,1H3,(H2,10,11,12,13,14). The molecule has 0 bridgehead atoms. The maximum absolute atomic E-state index is 9.51. The molecule has 0 amide bonds. The monoisotopic (exact) mass is 205 g/mol. The number of aliphatic hydroxyl groups excluding tert-OH is 1. The molecule has 15 heavy (non-hydrogen) atoms. The number of aliphatic hydroxyl groups is 1. The average Bonchev–Trinajstić information content (AvgIpc) is 2.67. The number of nitrogens with zero attached hydrogens (tertiary/aromatic N) is 3. The molecule has 2 aromatic heterocycles. The first-order valence-electron chi connectivity index (χ1n) is 4.52. The van der Waals surface area contributed by atoms with Crippen LogP contribution in [0.1, 0.15) is 6.92 Å². The zero-order valence-corrected chi connectivity index (χ0v) is 8.18. The lowest BCUT2D eigenvalue weighted by Crippen LogP contribution is -2.16. The number of anilines is 1. The van der Waals surface area contributed by atoms with Crippen molar-refractivity contribution >= 4 is 17.0 Å². The van der Waals surface area contributed by atoms with Crippen molar-refractivity contribution < 1.29 is 5.11 Å². The average molecular weight is 205 g/mol. The summed E-state index contributed by atoms with van der Waals surface area (Å²) in [5, 5.41) is 12.3. The second-order valence-corrected chi connectivity index (χ2v) is 2.94. The van der Waals surface area contributed by atoms with Crippen LogP contribution in [0.4, 0.5) is 5.82 Å². The highest BCUT2D eigenvalue weighted by molar-refractivity contribution is 5.82. The second-order valence-electron chi connectivity index (χ2n) is 2.94. The van der Waals surface area contributed by atoms with E-state index in [1.807, 2.05) is 6.92 Å². The van der Waals surface area contributed by atoms with Gasteiger partial charge in [-0.15, -0.1) is 0 Å². The highest BCUT2D eigenvalue weighted by Crippen LogP contribution is 2.14. The number of aromatic nitrogens is 4. The summed E-state index contributed by atoms with van der Waals surface area (Å²) in [6, 6.07) is 0. The Morgan fingerprint density at radius 2 is 2.33 bits per heavy atom. The maximum atomic E-state index is 9.51. The smallest absolute Gasteiger partial charge is 0.182 e. The van der Waals surface area contributed by atoms with Gasteiger partial charge in [-0.25, -0.2) is 15.0 Å². The van der Waals surface area contributed by atoms with Crippen LogP contribution in [0.15, 0.2) is 24.8 Å². The molecule has 0 aliphatic carbocycles. The van der Waals surface area contributed by atoms with E-state index in [0.29, 0.717) is 17.0 Å². The molecule has 0 saturated carbocycles. The molecular weight excluding hydrogens is 194 g/mol. The maximum Gasteiger partial charge on any atom is 0.182 e. The summed E-state index contributed by atoms with van der Waals surface area (Å²) in [5.74, 6) is 0.531. The number of allylic oxidation sites excluding steroid dienone is 1. The Morgan fingerprint density at radius 1 is 1.47 bits per heavy atom. The summed E-state index contributed by atoms with van der Waals surface area (Å²) in [6.45, 7) is 1.83. The minimum absolute atomic E-state index is 0.531. The Balaban J connectivity index is 2.31. The van der Waals surface area contributed by atoms with Gasteiger partial charge in [0, 0.05) is 0 Å². The zero-order valence-electron chi connectivity index (χ0n) is 8.18. The normalized spacial score (nSPS) is 13.5. The van der Waals surface area contributed by atoms with Crippen LogP contribution in [0.3, 0.4) is 0 Å². The van der Waals surface area contributed by atoms with E-state index in [4.69, 9.17) is 0 Å². The minimum Gasteiger partial charge on any atom is -0.370 e. The highest BCUT2D eigenvalue weighted by atomic mass is 16.3. The van der Waals surface area contributed by atoms with Gasteiger partial charge in [0.2, 0.25) is 0 Å². The Labute approximate surface area is 86.1 Å². The van der Waals surface area contributed by atoms with Gasteiger partial charge < -0.3 is 15.4 Å². The molecule has 0 aliphatic rings. The fourth-order valence-corrected chi connectivity index (χ4v) is 1.24. The van der Waals surface area contributed by atoms with Crippen LogP contribution in [0.5, 0.6) is 0 Å². The third-order valence-corrected chi connectivity index (χ3v) is 1.88. The number of hydrogen-bond donors (Lipinski definition) is 3. The topological polar surface area (TPSA) is 86.7 Å².